The molecule has 2 heterocycles. The third-order valence-corrected chi connectivity index (χ3v) is 5.33. The lowest BCUT2D eigenvalue weighted by Crippen LogP contribution is -2.46. The molecule has 0 aliphatic carbocycles. The van der Waals surface area contributed by atoms with E-state index in [1.54, 1.807) is 0 Å². The summed E-state index contributed by atoms with van der Waals surface area (Å²) in [6, 6.07) is 2.29. The molecule has 1 unspecified atom stereocenters. The molecule has 1 saturated heterocycles. The number of likely N-dealkylation sites (N-methyl/N-ethyl adjacent to an activating group) is 1. The van der Waals surface area contributed by atoms with Crippen molar-refractivity contribution >= 4 is 33.2 Å². The standard InChI is InChI=1S/C12H17BrN2OS/c1-8-6-10(17-11(8)13)12(16)15(2)9-4-3-5-14-7-9/h6,9,14H,3-5,7H2,1-2H3. The first-order valence-electron chi connectivity index (χ1n) is 5.83. The van der Waals surface area contributed by atoms with Crippen molar-refractivity contribution in [3.63, 3.8) is 0 Å². The van der Waals surface area contributed by atoms with Crippen LogP contribution in [0, 0.1) is 6.92 Å². The molecule has 1 aliphatic rings. The van der Waals surface area contributed by atoms with Gasteiger partial charge < -0.3 is 10.2 Å². The number of thiophene rings is 1. The van der Waals surface area contributed by atoms with Crippen molar-refractivity contribution in [1.29, 1.82) is 0 Å². The topological polar surface area (TPSA) is 32.3 Å². The lowest BCUT2D eigenvalue weighted by Gasteiger charge is -2.31. The molecular weight excluding hydrogens is 300 g/mol. The van der Waals surface area contributed by atoms with Gasteiger partial charge in [0.2, 0.25) is 0 Å². The maximum Gasteiger partial charge on any atom is 0.264 e. The van der Waals surface area contributed by atoms with Gasteiger partial charge in [-0.15, -0.1) is 11.3 Å². The van der Waals surface area contributed by atoms with Gasteiger partial charge >= 0.3 is 0 Å². The molecule has 1 N–H and O–H groups in total. The molecule has 1 fully saturated rings. The van der Waals surface area contributed by atoms with Crippen LogP contribution in [0.1, 0.15) is 28.1 Å². The quantitative estimate of drug-likeness (QED) is 0.909. The summed E-state index contributed by atoms with van der Waals surface area (Å²) in [7, 11) is 1.91. The molecule has 1 aliphatic heterocycles. The molecule has 0 bridgehead atoms. The van der Waals surface area contributed by atoms with E-state index < -0.39 is 0 Å². The highest BCUT2D eigenvalue weighted by Crippen LogP contribution is 2.28. The number of hydrogen-bond acceptors (Lipinski definition) is 3. The Morgan fingerprint density at radius 3 is 2.94 bits per heavy atom. The Labute approximate surface area is 114 Å². The lowest BCUT2D eigenvalue weighted by molar-refractivity contribution is 0.0713. The molecule has 1 aromatic heterocycles. The van der Waals surface area contributed by atoms with Crippen LogP contribution in [-0.4, -0.2) is 37.0 Å². The van der Waals surface area contributed by atoms with E-state index in [4.69, 9.17) is 0 Å². The molecule has 1 atom stereocenters. The van der Waals surface area contributed by atoms with E-state index in [-0.39, 0.29) is 5.91 Å². The van der Waals surface area contributed by atoms with E-state index in [9.17, 15) is 4.79 Å². The van der Waals surface area contributed by atoms with Gasteiger partial charge in [0.1, 0.15) is 0 Å². The van der Waals surface area contributed by atoms with E-state index in [1.165, 1.54) is 11.3 Å². The average Bonchev–Trinajstić information content (AvgIpc) is 2.69. The molecule has 0 aromatic carbocycles. The SMILES string of the molecule is Cc1cc(C(=O)N(C)C2CCCNC2)sc1Br. The number of halogens is 1. The summed E-state index contributed by atoms with van der Waals surface area (Å²) >= 11 is 4.98. The number of nitrogens with one attached hydrogen (secondary N) is 1. The van der Waals surface area contributed by atoms with Crippen molar-refractivity contribution in [2.75, 3.05) is 20.1 Å². The number of carbonyl (C=O) groups is 1. The van der Waals surface area contributed by atoms with Gasteiger partial charge in [0, 0.05) is 19.6 Å². The minimum absolute atomic E-state index is 0.137. The van der Waals surface area contributed by atoms with E-state index in [0.717, 1.165) is 40.2 Å². The zero-order valence-corrected chi connectivity index (χ0v) is 12.5. The number of nitrogens with zero attached hydrogens (tertiary/aromatic N) is 1. The number of hydrogen-bond donors (Lipinski definition) is 1. The summed E-state index contributed by atoms with van der Waals surface area (Å²) < 4.78 is 1.05. The number of rotatable bonds is 2. The summed E-state index contributed by atoms with van der Waals surface area (Å²) in [5.41, 5.74) is 1.13. The fourth-order valence-corrected chi connectivity index (χ4v) is 3.59. The summed E-state index contributed by atoms with van der Waals surface area (Å²) in [4.78, 5) is 15.0. The third kappa shape index (κ3) is 2.89. The minimum atomic E-state index is 0.137. The Morgan fingerprint density at radius 1 is 1.65 bits per heavy atom. The first-order chi connectivity index (χ1) is 8.09. The zero-order chi connectivity index (χ0) is 12.4. The average molecular weight is 317 g/mol. The summed E-state index contributed by atoms with van der Waals surface area (Å²) in [6.07, 6.45) is 2.25. The fraction of sp³-hybridized carbons (Fsp3) is 0.583. The van der Waals surface area contributed by atoms with E-state index >= 15 is 0 Å². The maximum absolute atomic E-state index is 12.3. The fourth-order valence-electron chi connectivity index (χ4n) is 2.07. The van der Waals surface area contributed by atoms with Gasteiger partial charge in [-0.25, -0.2) is 0 Å². The van der Waals surface area contributed by atoms with Crippen molar-refractivity contribution in [3.05, 3.63) is 20.3 Å². The molecule has 3 nitrogen and oxygen atoms in total. The predicted octanol–water partition coefficient (Wildman–Crippen LogP) is 2.64. The number of amides is 1. The Kier molecular flexibility index (Phi) is 4.22. The molecule has 0 spiro atoms. The molecule has 17 heavy (non-hydrogen) atoms. The van der Waals surface area contributed by atoms with Crippen molar-refractivity contribution in [2.24, 2.45) is 0 Å². The highest BCUT2D eigenvalue weighted by molar-refractivity contribution is 9.11. The largest absolute Gasteiger partial charge is 0.337 e. The van der Waals surface area contributed by atoms with Crippen LogP contribution in [0.15, 0.2) is 9.85 Å². The van der Waals surface area contributed by atoms with E-state index in [0.29, 0.717) is 6.04 Å². The van der Waals surface area contributed by atoms with Crippen molar-refractivity contribution in [3.8, 4) is 0 Å². The summed E-state index contributed by atoms with van der Waals surface area (Å²) in [5.74, 6) is 0.137. The molecule has 1 amide bonds. The zero-order valence-electron chi connectivity index (χ0n) is 10.1. The molecule has 1 aromatic rings. The number of carbonyl (C=O) groups excluding carboxylic acids is 1. The van der Waals surface area contributed by atoms with Gasteiger partial charge in [-0.05, 0) is 53.9 Å². The monoisotopic (exact) mass is 316 g/mol. The van der Waals surface area contributed by atoms with Gasteiger partial charge in [-0.1, -0.05) is 0 Å². The Bertz CT molecular complexity index is 393. The van der Waals surface area contributed by atoms with Crippen LogP contribution in [0.3, 0.4) is 0 Å². The van der Waals surface area contributed by atoms with Crippen LogP contribution in [0.4, 0.5) is 0 Å². The Balaban J connectivity index is 2.08. The summed E-state index contributed by atoms with van der Waals surface area (Å²) in [6.45, 7) is 4.00. The molecule has 0 saturated carbocycles. The normalized spacial score (nSPS) is 20.3. The van der Waals surface area contributed by atoms with Crippen LogP contribution in [0.25, 0.3) is 0 Å². The van der Waals surface area contributed by atoms with Crippen LogP contribution in [0.2, 0.25) is 0 Å². The Hall–Kier alpha value is -0.390. The van der Waals surface area contributed by atoms with Crippen molar-refractivity contribution in [1.82, 2.24) is 10.2 Å². The molecule has 2 rings (SSSR count). The van der Waals surface area contributed by atoms with Crippen LogP contribution >= 0.6 is 27.3 Å². The predicted molar refractivity (Wildman–Crippen MR) is 74.7 cm³/mol. The maximum atomic E-state index is 12.3. The first kappa shape index (κ1) is 13.1. The highest BCUT2D eigenvalue weighted by atomic mass is 79.9. The second-order valence-electron chi connectivity index (χ2n) is 4.48. The van der Waals surface area contributed by atoms with Gasteiger partial charge in [0.25, 0.3) is 5.91 Å². The smallest absolute Gasteiger partial charge is 0.264 e. The summed E-state index contributed by atoms with van der Waals surface area (Å²) in [5, 5.41) is 3.34. The first-order valence-corrected chi connectivity index (χ1v) is 7.44. The number of piperidine rings is 1. The molecule has 5 heteroatoms. The van der Waals surface area contributed by atoms with Crippen LogP contribution < -0.4 is 5.32 Å². The van der Waals surface area contributed by atoms with Gasteiger partial charge in [0.15, 0.2) is 0 Å². The highest BCUT2D eigenvalue weighted by Gasteiger charge is 2.24. The van der Waals surface area contributed by atoms with Gasteiger partial charge in [-0.2, -0.15) is 0 Å². The van der Waals surface area contributed by atoms with Crippen LogP contribution in [-0.2, 0) is 0 Å². The van der Waals surface area contributed by atoms with E-state index in [2.05, 4.69) is 21.2 Å². The van der Waals surface area contributed by atoms with Crippen molar-refractivity contribution < 1.29 is 4.79 Å². The lowest BCUT2D eigenvalue weighted by atomic mass is 10.1. The van der Waals surface area contributed by atoms with Crippen molar-refractivity contribution in [2.45, 2.75) is 25.8 Å². The molecule has 0 radical (unpaired) electrons. The van der Waals surface area contributed by atoms with Gasteiger partial charge in [-0.3, -0.25) is 4.79 Å². The molecular formula is C12H17BrN2OS. The minimum Gasteiger partial charge on any atom is -0.337 e. The molecule has 94 valence electrons. The number of aryl methyl sites for hydroxylation is 1. The third-order valence-electron chi connectivity index (χ3n) is 3.21. The van der Waals surface area contributed by atoms with Gasteiger partial charge in [0.05, 0.1) is 8.66 Å². The second kappa shape index (κ2) is 5.50. The second-order valence-corrected chi connectivity index (χ2v) is 6.85. The van der Waals surface area contributed by atoms with E-state index in [1.807, 2.05) is 24.9 Å². The Morgan fingerprint density at radius 2 is 2.41 bits per heavy atom. The van der Waals surface area contributed by atoms with Crippen LogP contribution in [0.5, 0.6) is 0 Å².